The number of benzene rings is 2. The molecule has 1 amide bonds. The summed E-state index contributed by atoms with van der Waals surface area (Å²) in [4.78, 5) is 24.2. The molecule has 0 radical (unpaired) electrons. The Labute approximate surface area is 198 Å². The molecule has 2 N–H and O–H groups in total. The van der Waals surface area contributed by atoms with Crippen molar-refractivity contribution in [3.63, 3.8) is 0 Å². The second kappa shape index (κ2) is 10.9. The van der Waals surface area contributed by atoms with E-state index < -0.39 is 5.97 Å². The molecule has 5 nitrogen and oxygen atoms in total. The number of hydrogen-bond acceptors (Lipinski definition) is 3. The van der Waals surface area contributed by atoms with Crippen LogP contribution in [0.5, 0.6) is 5.75 Å². The van der Waals surface area contributed by atoms with Gasteiger partial charge in [0.25, 0.3) is 5.91 Å². The number of hydrogen-bond donors (Lipinski definition) is 2. The lowest BCUT2D eigenvalue weighted by molar-refractivity contribution is 0.0696. The first-order chi connectivity index (χ1) is 15.3. The quantitative estimate of drug-likeness (QED) is 0.394. The largest absolute Gasteiger partial charge is 0.493 e. The first kappa shape index (κ1) is 26.4. The normalized spacial score (nSPS) is 11.8. The number of carbonyl (C=O) groups is 2. The van der Waals surface area contributed by atoms with Crippen LogP contribution in [0.15, 0.2) is 36.4 Å². The molecular weight excluding hydrogens is 414 g/mol. The highest BCUT2D eigenvalue weighted by Gasteiger charge is 2.29. The Balaban J connectivity index is 2.42. The molecule has 0 unspecified atom stereocenters. The van der Waals surface area contributed by atoms with Crippen LogP contribution in [0.2, 0.25) is 0 Å². The van der Waals surface area contributed by atoms with Crippen LogP contribution in [-0.2, 0) is 10.8 Å². The molecule has 2 aromatic rings. The summed E-state index contributed by atoms with van der Waals surface area (Å²) in [5, 5.41) is 12.0. The fraction of sp³-hybridized carbons (Fsp3) is 0.500. The van der Waals surface area contributed by atoms with Crippen LogP contribution in [0.3, 0.4) is 0 Å². The summed E-state index contributed by atoms with van der Waals surface area (Å²) in [6.45, 7) is 15.6. The molecule has 0 aliphatic rings. The zero-order chi connectivity index (χ0) is 24.8. The van der Waals surface area contributed by atoms with E-state index in [9.17, 15) is 9.59 Å². The van der Waals surface area contributed by atoms with Crippen LogP contribution in [0.1, 0.15) is 106 Å². The predicted molar refractivity (Wildman–Crippen MR) is 135 cm³/mol. The van der Waals surface area contributed by atoms with Crippen LogP contribution < -0.4 is 10.1 Å². The molecule has 2 rings (SSSR count). The standard InChI is InChI=1S/C28H39NO4/c1-8-9-10-11-16-33-24-22(27(2,3)4)17-20(18-23(24)28(5,6)7)25(30)29-21-14-12-19(13-15-21)26(31)32/h12-15,17-18H,8-11,16H2,1-7H3,(H,29,30)(H,31,32). The second-order valence-corrected chi connectivity index (χ2v) is 10.6. The molecule has 0 aliphatic carbocycles. The molecule has 0 saturated heterocycles. The lowest BCUT2D eigenvalue weighted by atomic mass is 9.78. The van der Waals surface area contributed by atoms with Gasteiger partial charge in [-0.25, -0.2) is 4.79 Å². The molecule has 0 aromatic heterocycles. The third-order valence-corrected chi connectivity index (χ3v) is 5.60. The minimum atomic E-state index is -0.997. The van der Waals surface area contributed by atoms with Gasteiger partial charge in [-0.2, -0.15) is 0 Å². The smallest absolute Gasteiger partial charge is 0.335 e. The van der Waals surface area contributed by atoms with Crippen LogP contribution in [-0.4, -0.2) is 23.6 Å². The number of ether oxygens (including phenoxy) is 1. The summed E-state index contributed by atoms with van der Waals surface area (Å²) in [5.41, 5.74) is 2.89. The lowest BCUT2D eigenvalue weighted by Crippen LogP contribution is -2.23. The number of unbranched alkanes of at least 4 members (excludes halogenated alkanes) is 3. The molecule has 0 atom stereocenters. The maximum absolute atomic E-state index is 13.2. The van der Waals surface area contributed by atoms with Gasteiger partial charge in [-0.05, 0) is 53.6 Å². The van der Waals surface area contributed by atoms with E-state index in [1.165, 1.54) is 25.0 Å². The highest BCUT2D eigenvalue weighted by Crippen LogP contribution is 2.41. The van der Waals surface area contributed by atoms with E-state index in [1.54, 1.807) is 12.1 Å². The van der Waals surface area contributed by atoms with Crippen LogP contribution in [0, 0.1) is 0 Å². The summed E-state index contributed by atoms with van der Waals surface area (Å²) in [6, 6.07) is 10.0. The van der Waals surface area contributed by atoms with Crippen LogP contribution in [0.4, 0.5) is 5.69 Å². The molecule has 0 fully saturated rings. The van der Waals surface area contributed by atoms with Crippen molar-refractivity contribution in [3.05, 3.63) is 58.7 Å². The molecule has 0 spiro atoms. The van der Waals surface area contributed by atoms with Gasteiger partial charge < -0.3 is 15.2 Å². The third kappa shape index (κ3) is 7.34. The van der Waals surface area contributed by atoms with Crippen molar-refractivity contribution >= 4 is 17.6 Å². The number of nitrogens with one attached hydrogen (secondary N) is 1. The molecule has 0 aliphatic heterocycles. The van der Waals surface area contributed by atoms with Gasteiger partial charge >= 0.3 is 5.97 Å². The van der Waals surface area contributed by atoms with Crippen molar-refractivity contribution in [2.24, 2.45) is 0 Å². The fourth-order valence-electron chi connectivity index (χ4n) is 3.63. The zero-order valence-electron chi connectivity index (χ0n) is 21.2. The fourth-order valence-corrected chi connectivity index (χ4v) is 3.63. The summed E-state index contributed by atoms with van der Waals surface area (Å²) < 4.78 is 6.37. The number of aromatic carboxylic acids is 1. The Morgan fingerprint density at radius 2 is 1.39 bits per heavy atom. The molecule has 0 saturated carbocycles. The molecule has 0 heterocycles. The van der Waals surface area contributed by atoms with Crippen molar-refractivity contribution < 1.29 is 19.4 Å². The zero-order valence-corrected chi connectivity index (χ0v) is 21.2. The predicted octanol–water partition coefficient (Wildman–Crippen LogP) is 7.19. The maximum Gasteiger partial charge on any atom is 0.335 e. The lowest BCUT2D eigenvalue weighted by Gasteiger charge is -2.30. The number of amides is 1. The molecule has 180 valence electrons. The number of anilines is 1. The van der Waals surface area contributed by atoms with Gasteiger partial charge in [-0.1, -0.05) is 67.7 Å². The Hall–Kier alpha value is -2.82. The highest BCUT2D eigenvalue weighted by molar-refractivity contribution is 6.05. The van der Waals surface area contributed by atoms with Crippen molar-refractivity contribution in [1.82, 2.24) is 0 Å². The molecule has 33 heavy (non-hydrogen) atoms. The minimum absolute atomic E-state index is 0.179. The van der Waals surface area contributed by atoms with Crippen molar-refractivity contribution in [2.75, 3.05) is 11.9 Å². The van der Waals surface area contributed by atoms with Gasteiger partial charge in [0.15, 0.2) is 0 Å². The molecule has 0 bridgehead atoms. The van der Waals surface area contributed by atoms with Gasteiger partial charge in [0.2, 0.25) is 0 Å². The van der Waals surface area contributed by atoms with Crippen molar-refractivity contribution in [1.29, 1.82) is 0 Å². The Morgan fingerprint density at radius 1 is 0.848 bits per heavy atom. The Morgan fingerprint density at radius 3 is 1.85 bits per heavy atom. The van der Waals surface area contributed by atoms with Crippen molar-refractivity contribution in [2.45, 2.75) is 85.0 Å². The van der Waals surface area contributed by atoms with Crippen molar-refractivity contribution in [3.8, 4) is 5.75 Å². The van der Waals surface area contributed by atoms with E-state index in [2.05, 4.69) is 53.8 Å². The summed E-state index contributed by atoms with van der Waals surface area (Å²) >= 11 is 0. The average molecular weight is 454 g/mol. The monoisotopic (exact) mass is 453 g/mol. The SMILES string of the molecule is CCCCCCOc1c(C(C)(C)C)cc(C(=O)Nc2ccc(C(=O)O)cc2)cc1C(C)(C)C. The average Bonchev–Trinajstić information content (AvgIpc) is 2.72. The third-order valence-electron chi connectivity index (χ3n) is 5.60. The maximum atomic E-state index is 13.2. The van der Waals surface area contributed by atoms with Gasteiger partial charge in [-0.15, -0.1) is 0 Å². The summed E-state index contributed by atoms with van der Waals surface area (Å²) in [5.74, 6) is -0.347. The van der Waals surface area contributed by atoms with Crippen LogP contribution >= 0.6 is 0 Å². The first-order valence-electron chi connectivity index (χ1n) is 11.8. The van der Waals surface area contributed by atoms with E-state index in [-0.39, 0.29) is 22.3 Å². The van der Waals surface area contributed by atoms with E-state index in [0.29, 0.717) is 17.9 Å². The van der Waals surface area contributed by atoms with Gasteiger partial charge in [-0.3, -0.25) is 4.79 Å². The van der Waals surface area contributed by atoms with E-state index in [4.69, 9.17) is 9.84 Å². The topological polar surface area (TPSA) is 75.6 Å². The molecule has 5 heteroatoms. The second-order valence-electron chi connectivity index (χ2n) is 10.6. The summed E-state index contributed by atoms with van der Waals surface area (Å²) in [7, 11) is 0. The van der Waals surface area contributed by atoms with Gasteiger partial charge in [0.05, 0.1) is 12.2 Å². The van der Waals surface area contributed by atoms with Gasteiger partial charge in [0.1, 0.15) is 5.75 Å². The minimum Gasteiger partial charge on any atom is -0.493 e. The van der Waals surface area contributed by atoms with E-state index in [1.807, 2.05) is 12.1 Å². The number of carbonyl (C=O) groups excluding carboxylic acids is 1. The Bertz CT molecular complexity index is 928. The van der Waals surface area contributed by atoms with Gasteiger partial charge in [0, 0.05) is 22.4 Å². The molecular formula is C28H39NO4. The first-order valence-corrected chi connectivity index (χ1v) is 11.8. The highest BCUT2D eigenvalue weighted by atomic mass is 16.5. The van der Waals surface area contributed by atoms with Crippen LogP contribution in [0.25, 0.3) is 0 Å². The Kier molecular flexibility index (Phi) is 8.70. The summed E-state index contributed by atoms with van der Waals surface area (Å²) in [6.07, 6.45) is 4.54. The molecule has 2 aromatic carbocycles. The number of carboxylic acid groups (broad SMARTS) is 1. The number of rotatable bonds is 9. The number of carboxylic acids is 1. The van der Waals surface area contributed by atoms with E-state index >= 15 is 0 Å². The van der Waals surface area contributed by atoms with E-state index in [0.717, 1.165) is 29.7 Å².